The summed E-state index contributed by atoms with van der Waals surface area (Å²) in [5, 5.41) is 0.907. The van der Waals surface area contributed by atoms with Gasteiger partial charge in [-0.25, -0.2) is 9.59 Å². The molecule has 0 amide bonds. The number of rotatable bonds is 4. The zero-order chi connectivity index (χ0) is 19.7. The van der Waals surface area contributed by atoms with Gasteiger partial charge in [0.15, 0.2) is 6.73 Å². The number of hydrogen-bond acceptors (Lipinski definition) is 6. The van der Waals surface area contributed by atoms with Crippen molar-refractivity contribution < 1.29 is 18.7 Å². The average Bonchev–Trinajstić information content (AvgIpc) is 2.72. The predicted molar refractivity (Wildman–Crippen MR) is 106 cm³/mol. The molecule has 4 rings (SSSR count). The summed E-state index contributed by atoms with van der Waals surface area (Å²) in [6.07, 6.45) is 0.733. The third kappa shape index (κ3) is 3.11. The number of aryl methyl sites for hydroxylation is 1. The van der Waals surface area contributed by atoms with Crippen LogP contribution in [0.2, 0.25) is 0 Å². The van der Waals surface area contributed by atoms with Crippen molar-refractivity contribution in [3.05, 3.63) is 69.6 Å². The lowest BCUT2D eigenvalue weighted by Crippen LogP contribution is -2.33. The monoisotopic (exact) mass is 379 g/mol. The van der Waals surface area contributed by atoms with Gasteiger partial charge in [0.2, 0.25) is 0 Å². The van der Waals surface area contributed by atoms with E-state index in [1.54, 1.807) is 19.1 Å². The molecule has 3 aromatic rings. The third-order valence-electron chi connectivity index (χ3n) is 4.90. The van der Waals surface area contributed by atoms with Crippen molar-refractivity contribution in [3.8, 4) is 5.75 Å². The summed E-state index contributed by atoms with van der Waals surface area (Å²) in [7, 11) is 0. The fraction of sp³-hybridized carbons (Fsp3) is 0.273. The number of anilines is 1. The third-order valence-corrected chi connectivity index (χ3v) is 4.90. The van der Waals surface area contributed by atoms with Gasteiger partial charge in [0, 0.05) is 11.5 Å². The molecule has 0 spiro atoms. The number of carbonyl (C=O) groups excluding carboxylic acids is 1. The highest BCUT2D eigenvalue weighted by Gasteiger charge is 2.25. The fourth-order valence-corrected chi connectivity index (χ4v) is 3.58. The molecule has 1 aliphatic rings. The lowest BCUT2D eigenvalue weighted by atomic mass is 10.0. The minimum atomic E-state index is -0.374. The Morgan fingerprint density at radius 2 is 2.00 bits per heavy atom. The van der Waals surface area contributed by atoms with Crippen molar-refractivity contribution in [2.45, 2.75) is 26.8 Å². The average molecular weight is 379 g/mol. The van der Waals surface area contributed by atoms with Crippen molar-refractivity contribution in [2.24, 2.45) is 0 Å². The van der Waals surface area contributed by atoms with Crippen LogP contribution in [0.1, 0.15) is 35.3 Å². The number of carbonyl (C=O) groups is 1. The summed E-state index contributed by atoms with van der Waals surface area (Å²) >= 11 is 0. The number of benzene rings is 2. The second kappa shape index (κ2) is 7.38. The minimum Gasteiger partial charge on any atom is -0.473 e. The molecule has 0 unspecified atom stereocenters. The van der Waals surface area contributed by atoms with Crippen LogP contribution >= 0.6 is 0 Å². The van der Waals surface area contributed by atoms with Crippen molar-refractivity contribution in [2.75, 3.05) is 18.2 Å². The van der Waals surface area contributed by atoms with E-state index in [1.165, 1.54) is 6.07 Å². The molecule has 0 bridgehead atoms. The standard InChI is InChI=1S/C22H21NO5/c1-3-14-11-20(24)28-21-15(14)9-10-19-17(21)12-23(13-27-19)18-8-6-5-7-16(18)22(25)26-4-2/h5-11H,3-4,12-13H2,1-2H3. The van der Waals surface area contributed by atoms with Crippen molar-refractivity contribution in [1.29, 1.82) is 0 Å². The van der Waals surface area contributed by atoms with Gasteiger partial charge in [-0.3, -0.25) is 0 Å². The number of hydrogen-bond donors (Lipinski definition) is 0. The van der Waals surface area contributed by atoms with Gasteiger partial charge in [0.25, 0.3) is 0 Å². The molecule has 2 heterocycles. The van der Waals surface area contributed by atoms with E-state index in [-0.39, 0.29) is 18.3 Å². The number of ether oxygens (including phenoxy) is 2. The first-order valence-corrected chi connectivity index (χ1v) is 9.34. The quantitative estimate of drug-likeness (QED) is 0.506. The van der Waals surface area contributed by atoms with Crippen LogP contribution in [0, 0.1) is 0 Å². The molecule has 0 atom stereocenters. The van der Waals surface area contributed by atoms with E-state index in [1.807, 2.05) is 36.1 Å². The van der Waals surface area contributed by atoms with Crippen LogP contribution in [0.4, 0.5) is 5.69 Å². The summed E-state index contributed by atoms with van der Waals surface area (Å²) in [5.41, 5.74) is 3.11. The van der Waals surface area contributed by atoms with Gasteiger partial charge in [-0.15, -0.1) is 0 Å². The van der Waals surface area contributed by atoms with E-state index < -0.39 is 0 Å². The zero-order valence-corrected chi connectivity index (χ0v) is 15.9. The molecule has 144 valence electrons. The van der Waals surface area contributed by atoms with Crippen LogP contribution in [0.15, 0.2) is 51.7 Å². The normalized spacial score (nSPS) is 13.1. The molecule has 1 aliphatic heterocycles. The van der Waals surface area contributed by atoms with E-state index >= 15 is 0 Å². The van der Waals surface area contributed by atoms with Crippen molar-refractivity contribution in [3.63, 3.8) is 0 Å². The van der Waals surface area contributed by atoms with Crippen LogP contribution in [0.5, 0.6) is 5.75 Å². The topological polar surface area (TPSA) is 69.0 Å². The maximum Gasteiger partial charge on any atom is 0.340 e. The van der Waals surface area contributed by atoms with Gasteiger partial charge >= 0.3 is 11.6 Å². The molecular weight excluding hydrogens is 358 g/mol. The van der Waals surface area contributed by atoms with Gasteiger partial charge < -0.3 is 18.8 Å². The molecule has 0 N–H and O–H groups in total. The summed E-state index contributed by atoms with van der Waals surface area (Å²) in [5.74, 6) is 0.315. The Balaban J connectivity index is 1.80. The SMILES string of the molecule is CCOC(=O)c1ccccc1N1COc2ccc3c(CC)cc(=O)oc3c2C1. The Labute approximate surface area is 162 Å². The predicted octanol–water partition coefficient (Wildman–Crippen LogP) is 3.89. The van der Waals surface area contributed by atoms with Gasteiger partial charge in [-0.1, -0.05) is 19.1 Å². The minimum absolute atomic E-state index is 0.284. The molecule has 0 aliphatic carbocycles. The van der Waals surface area contributed by atoms with E-state index in [2.05, 4.69) is 0 Å². The maximum absolute atomic E-state index is 12.3. The highest BCUT2D eigenvalue weighted by atomic mass is 16.5. The Hall–Kier alpha value is -3.28. The van der Waals surface area contributed by atoms with E-state index in [0.29, 0.717) is 30.0 Å². The molecule has 28 heavy (non-hydrogen) atoms. The fourth-order valence-electron chi connectivity index (χ4n) is 3.58. The molecule has 2 aromatic carbocycles. The molecule has 1 aromatic heterocycles. The van der Waals surface area contributed by atoms with Gasteiger partial charge in [-0.2, -0.15) is 0 Å². The number of para-hydroxylation sites is 1. The van der Waals surface area contributed by atoms with E-state index in [4.69, 9.17) is 13.9 Å². The first-order valence-electron chi connectivity index (χ1n) is 9.34. The van der Waals surface area contributed by atoms with Gasteiger partial charge in [0.1, 0.15) is 11.3 Å². The Kier molecular flexibility index (Phi) is 4.77. The number of fused-ring (bicyclic) bond motifs is 3. The first kappa shape index (κ1) is 18.1. The molecule has 6 nitrogen and oxygen atoms in total. The van der Waals surface area contributed by atoms with Crippen LogP contribution in [0.3, 0.4) is 0 Å². The van der Waals surface area contributed by atoms with Crippen LogP contribution < -0.4 is 15.3 Å². The molecule has 0 radical (unpaired) electrons. The van der Waals surface area contributed by atoms with Crippen LogP contribution in [-0.4, -0.2) is 19.3 Å². The maximum atomic E-state index is 12.3. The lowest BCUT2D eigenvalue weighted by Gasteiger charge is -2.32. The van der Waals surface area contributed by atoms with Crippen molar-refractivity contribution >= 4 is 22.6 Å². The summed E-state index contributed by atoms with van der Waals surface area (Å²) < 4.78 is 16.6. The summed E-state index contributed by atoms with van der Waals surface area (Å²) in [6, 6.07) is 12.6. The van der Waals surface area contributed by atoms with Gasteiger partial charge in [-0.05, 0) is 43.2 Å². The second-order valence-corrected chi connectivity index (χ2v) is 6.57. The highest BCUT2D eigenvalue weighted by molar-refractivity contribution is 5.96. The lowest BCUT2D eigenvalue weighted by molar-refractivity contribution is 0.0527. The molecule has 0 saturated carbocycles. The van der Waals surface area contributed by atoms with Crippen LogP contribution in [0.25, 0.3) is 11.0 Å². The largest absolute Gasteiger partial charge is 0.473 e. The smallest absolute Gasteiger partial charge is 0.340 e. The van der Waals surface area contributed by atoms with E-state index in [0.717, 1.165) is 28.6 Å². The molecule has 0 fully saturated rings. The molecular formula is C22H21NO5. The van der Waals surface area contributed by atoms with Crippen molar-refractivity contribution in [1.82, 2.24) is 0 Å². The first-order chi connectivity index (χ1) is 13.6. The number of nitrogens with zero attached hydrogens (tertiary/aromatic N) is 1. The summed E-state index contributed by atoms with van der Waals surface area (Å²) in [4.78, 5) is 26.3. The Bertz CT molecular complexity index is 1100. The van der Waals surface area contributed by atoms with E-state index in [9.17, 15) is 9.59 Å². The number of esters is 1. The molecule has 6 heteroatoms. The highest BCUT2D eigenvalue weighted by Crippen LogP contribution is 2.35. The Morgan fingerprint density at radius 3 is 2.79 bits per heavy atom. The second-order valence-electron chi connectivity index (χ2n) is 6.57. The molecule has 0 saturated heterocycles. The Morgan fingerprint density at radius 1 is 1.18 bits per heavy atom. The summed E-state index contributed by atoms with van der Waals surface area (Å²) in [6.45, 7) is 4.83. The zero-order valence-electron chi connectivity index (χ0n) is 15.9. The van der Waals surface area contributed by atoms with Gasteiger partial charge in [0.05, 0.1) is 30.0 Å². The van der Waals surface area contributed by atoms with Crippen LogP contribution in [-0.2, 0) is 17.7 Å².